The van der Waals surface area contributed by atoms with Gasteiger partial charge in [0, 0.05) is 24.7 Å². The Balaban J connectivity index is 0.00000220. The maximum atomic E-state index is 11.8. The molecular formula is C17H27ClN2O. The molecule has 1 aliphatic carbocycles. The monoisotopic (exact) mass is 310 g/mol. The molecule has 1 aromatic carbocycles. The van der Waals surface area contributed by atoms with Crippen molar-refractivity contribution in [1.29, 1.82) is 0 Å². The van der Waals surface area contributed by atoms with Gasteiger partial charge in [-0.25, -0.2) is 0 Å². The number of nitrogens with one attached hydrogen (secondary N) is 2. The molecule has 21 heavy (non-hydrogen) atoms. The molecule has 1 amide bonds. The number of hydrogen-bond donors (Lipinski definition) is 2. The van der Waals surface area contributed by atoms with Crippen molar-refractivity contribution >= 4 is 24.0 Å². The van der Waals surface area contributed by atoms with Crippen LogP contribution in [0.15, 0.2) is 24.3 Å². The van der Waals surface area contributed by atoms with E-state index in [0.717, 1.165) is 12.2 Å². The van der Waals surface area contributed by atoms with E-state index in [1.807, 2.05) is 12.1 Å². The molecule has 2 rings (SSSR count). The first kappa shape index (κ1) is 18.0. The van der Waals surface area contributed by atoms with Gasteiger partial charge in [-0.1, -0.05) is 38.8 Å². The molecule has 0 atom stereocenters. The molecule has 1 aromatic rings. The Kier molecular flexibility index (Phi) is 7.76. The molecule has 0 bridgehead atoms. The smallest absolute Gasteiger partial charge is 0.224 e. The predicted octanol–water partition coefficient (Wildman–Crippen LogP) is 4.13. The van der Waals surface area contributed by atoms with E-state index in [2.05, 4.69) is 36.6 Å². The van der Waals surface area contributed by atoms with Gasteiger partial charge in [-0.3, -0.25) is 4.79 Å². The Morgan fingerprint density at radius 1 is 1.29 bits per heavy atom. The molecule has 118 valence electrons. The molecule has 1 aliphatic rings. The van der Waals surface area contributed by atoms with E-state index < -0.39 is 0 Å². The van der Waals surface area contributed by atoms with E-state index in [1.165, 1.54) is 31.2 Å². The van der Waals surface area contributed by atoms with Crippen LogP contribution in [-0.4, -0.2) is 11.9 Å². The van der Waals surface area contributed by atoms with Crippen molar-refractivity contribution in [3.05, 3.63) is 29.8 Å². The summed E-state index contributed by atoms with van der Waals surface area (Å²) in [5.74, 6) is 0.489. The fraction of sp³-hybridized carbons (Fsp3) is 0.588. The summed E-state index contributed by atoms with van der Waals surface area (Å²) in [5, 5.41) is 6.57. The van der Waals surface area contributed by atoms with Crippen LogP contribution in [0, 0.1) is 5.92 Å². The van der Waals surface area contributed by atoms with E-state index in [1.54, 1.807) is 0 Å². The van der Waals surface area contributed by atoms with Crippen molar-refractivity contribution in [1.82, 2.24) is 5.32 Å². The number of halogens is 1. The Morgan fingerprint density at radius 2 is 2.00 bits per heavy atom. The molecule has 1 fully saturated rings. The van der Waals surface area contributed by atoms with Gasteiger partial charge in [0.2, 0.25) is 5.91 Å². The number of carbonyl (C=O) groups excluding carboxylic acids is 1. The highest BCUT2D eigenvalue weighted by Gasteiger charge is 2.13. The van der Waals surface area contributed by atoms with Gasteiger partial charge in [0.15, 0.2) is 0 Å². The summed E-state index contributed by atoms with van der Waals surface area (Å²) in [6, 6.07) is 8.82. The van der Waals surface area contributed by atoms with Crippen molar-refractivity contribution in [2.75, 3.05) is 5.32 Å². The molecule has 3 nitrogen and oxygen atoms in total. The molecule has 0 radical (unpaired) electrons. The zero-order valence-corrected chi connectivity index (χ0v) is 13.8. The van der Waals surface area contributed by atoms with Crippen molar-refractivity contribution in [3.8, 4) is 0 Å². The summed E-state index contributed by atoms with van der Waals surface area (Å²) in [6.45, 7) is 5.00. The number of carbonyl (C=O) groups is 1. The lowest BCUT2D eigenvalue weighted by molar-refractivity contribution is -0.116. The number of hydrogen-bond acceptors (Lipinski definition) is 2. The van der Waals surface area contributed by atoms with E-state index >= 15 is 0 Å². The second-order valence-corrected chi connectivity index (χ2v) is 6.21. The highest BCUT2D eigenvalue weighted by atomic mass is 35.5. The summed E-state index contributed by atoms with van der Waals surface area (Å²) in [5.41, 5.74) is 2.14. The average Bonchev–Trinajstić information content (AvgIpc) is 2.88. The minimum Gasteiger partial charge on any atom is -0.326 e. The summed E-state index contributed by atoms with van der Waals surface area (Å²) < 4.78 is 0. The van der Waals surface area contributed by atoms with Gasteiger partial charge in [-0.2, -0.15) is 0 Å². The van der Waals surface area contributed by atoms with Crippen molar-refractivity contribution in [2.45, 2.75) is 58.5 Å². The first-order chi connectivity index (χ1) is 9.63. The quantitative estimate of drug-likeness (QED) is 0.829. The molecule has 0 aromatic heterocycles. The van der Waals surface area contributed by atoms with Crippen LogP contribution in [0.1, 0.15) is 51.5 Å². The lowest BCUT2D eigenvalue weighted by atomic mass is 10.1. The Labute approximate surface area is 134 Å². The van der Waals surface area contributed by atoms with Gasteiger partial charge < -0.3 is 10.6 Å². The lowest BCUT2D eigenvalue weighted by Crippen LogP contribution is -2.25. The van der Waals surface area contributed by atoms with Gasteiger partial charge in [-0.15, -0.1) is 12.4 Å². The molecule has 0 spiro atoms. The number of anilines is 1. The van der Waals surface area contributed by atoms with Crippen LogP contribution < -0.4 is 10.6 Å². The van der Waals surface area contributed by atoms with Crippen LogP contribution >= 0.6 is 12.4 Å². The van der Waals surface area contributed by atoms with Gasteiger partial charge in [0.05, 0.1) is 0 Å². The Morgan fingerprint density at radius 3 is 2.67 bits per heavy atom. The molecule has 0 unspecified atom stereocenters. The largest absolute Gasteiger partial charge is 0.326 e. The topological polar surface area (TPSA) is 41.1 Å². The summed E-state index contributed by atoms with van der Waals surface area (Å²) >= 11 is 0. The zero-order valence-electron chi connectivity index (χ0n) is 13.0. The van der Waals surface area contributed by atoms with Gasteiger partial charge in [0.1, 0.15) is 0 Å². The fourth-order valence-electron chi connectivity index (χ4n) is 2.73. The van der Waals surface area contributed by atoms with Crippen LogP contribution in [-0.2, 0) is 11.3 Å². The maximum Gasteiger partial charge on any atom is 0.224 e. The van der Waals surface area contributed by atoms with Crippen LogP contribution in [0.5, 0.6) is 0 Å². The lowest BCUT2D eigenvalue weighted by Gasteiger charge is -2.13. The third kappa shape index (κ3) is 6.49. The minimum absolute atomic E-state index is 0. The fourth-order valence-corrected chi connectivity index (χ4v) is 2.73. The number of rotatable bonds is 6. The number of benzene rings is 1. The SMILES string of the molecule is CC(C)CC(=O)Nc1cccc(CNC2CCCC2)c1.Cl. The first-order valence-corrected chi connectivity index (χ1v) is 7.75. The second-order valence-electron chi connectivity index (χ2n) is 6.21. The van der Waals surface area contributed by atoms with Crippen LogP contribution in [0.3, 0.4) is 0 Å². The zero-order chi connectivity index (χ0) is 14.4. The molecule has 0 heterocycles. The van der Waals surface area contributed by atoms with Crippen LogP contribution in [0.25, 0.3) is 0 Å². The van der Waals surface area contributed by atoms with E-state index in [-0.39, 0.29) is 18.3 Å². The molecule has 1 saturated carbocycles. The standard InChI is InChI=1S/C17H26N2O.ClH/c1-13(2)10-17(20)19-16-9-5-6-14(11-16)12-18-15-7-3-4-8-15;/h5-6,9,11,13,15,18H,3-4,7-8,10,12H2,1-2H3,(H,19,20);1H. The summed E-state index contributed by atoms with van der Waals surface area (Å²) in [6.07, 6.45) is 5.87. The minimum atomic E-state index is 0. The van der Waals surface area contributed by atoms with E-state index in [4.69, 9.17) is 0 Å². The Bertz CT molecular complexity index is 442. The number of amides is 1. The van der Waals surface area contributed by atoms with Crippen LogP contribution in [0.2, 0.25) is 0 Å². The molecule has 2 N–H and O–H groups in total. The summed E-state index contributed by atoms with van der Waals surface area (Å²) in [7, 11) is 0. The highest BCUT2D eigenvalue weighted by Crippen LogP contribution is 2.18. The molecule has 0 saturated heterocycles. The molecular weight excluding hydrogens is 284 g/mol. The van der Waals surface area contributed by atoms with E-state index in [9.17, 15) is 4.79 Å². The third-order valence-electron chi connectivity index (χ3n) is 3.75. The van der Waals surface area contributed by atoms with Crippen molar-refractivity contribution in [3.63, 3.8) is 0 Å². The summed E-state index contributed by atoms with van der Waals surface area (Å²) in [4.78, 5) is 11.8. The first-order valence-electron chi connectivity index (χ1n) is 7.75. The van der Waals surface area contributed by atoms with Gasteiger partial charge in [-0.05, 0) is 36.5 Å². The highest BCUT2D eigenvalue weighted by molar-refractivity contribution is 5.90. The second kappa shape index (κ2) is 9.06. The third-order valence-corrected chi connectivity index (χ3v) is 3.75. The molecule has 4 heteroatoms. The normalized spacial score (nSPS) is 15.0. The average molecular weight is 311 g/mol. The maximum absolute atomic E-state index is 11.8. The van der Waals surface area contributed by atoms with Crippen LogP contribution in [0.4, 0.5) is 5.69 Å². The molecule has 0 aliphatic heterocycles. The Hall–Kier alpha value is -1.06. The van der Waals surface area contributed by atoms with E-state index in [0.29, 0.717) is 18.4 Å². The van der Waals surface area contributed by atoms with Crippen molar-refractivity contribution < 1.29 is 4.79 Å². The van der Waals surface area contributed by atoms with Crippen molar-refractivity contribution in [2.24, 2.45) is 5.92 Å². The van der Waals surface area contributed by atoms with Gasteiger partial charge >= 0.3 is 0 Å². The predicted molar refractivity (Wildman–Crippen MR) is 90.9 cm³/mol. The van der Waals surface area contributed by atoms with Gasteiger partial charge in [0.25, 0.3) is 0 Å².